The molecule has 1 fully saturated rings. The van der Waals surface area contributed by atoms with Gasteiger partial charge in [-0.1, -0.05) is 72.3 Å². The molecule has 3 heteroatoms. The van der Waals surface area contributed by atoms with Gasteiger partial charge in [0, 0.05) is 22.5 Å². The van der Waals surface area contributed by atoms with E-state index < -0.39 is 11.3 Å². The Morgan fingerprint density at radius 2 is 1.45 bits per heavy atom. The fourth-order valence-corrected chi connectivity index (χ4v) is 5.10. The lowest BCUT2D eigenvalue weighted by Crippen LogP contribution is -2.62. The first-order valence-electron chi connectivity index (χ1n) is 10.7. The highest BCUT2D eigenvalue weighted by atomic mass is 16.2. The standard InChI is InChI=1S/C28H25NO2/c1-17-14-15-22-21(16-17)18(2)25(29-22)23(19-10-6-4-7-11-19)24-26(30)28(3,27(24)31)20-12-8-5-9-13-20/h4-16,23-24,29H,1-3H3. The Kier molecular flexibility index (Phi) is 4.44. The molecule has 1 aliphatic carbocycles. The van der Waals surface area contributed by atoms with Gasteiger partial charge in [0.05, 0.1) is 5.92 Å². The molecule has 4 aromatic rings. The molecule has 3 aromatic carbocycles. The van der Waals surface area contributed by atoms with Gasteiger partial charge in [0.1, 0.15) is 5.41 Å². The highest BCUT2D eigenvalue weighted by Gasteiger charge is 2.62. The van der Waals surface area contributed by atoms with Crippen molar-refractivity contribution in [1.29, 1.82) is 0 Å². The van der Waals surface area contributed by atoms with Crippen LogP contribution < -0.4 is 0 Å². The van der Waals surface area contributed by atoms with Gasteiger partial charge in [0.15, 0.2) is 11.6 Å². The average molecular weight is 408 g/mol. The largest absolute Gasteiger partial charge is 0.358 e. The van der Waals surface area contributed by atoms with Crippen LogP contribution in [-0.2, 0) is 15.0 Å². The molecule has 154 valence electrons. The maximum Gasteiger partial charge on any atom is 0.162 e. The second-order valence-corrected chi connectivity index (χ2v) is 8.80. The van der Waals surface area contributed by atoms with E-state index in [1.54, 1.807) is 6.92 Å². The number of ketones is 2. The van der Waals surface area contributed by atoms with Gasteiger partial charge in [-0.25, -0.2) is 0 Å². The van der Waals surface area contributed by atoms with Crippen molar-refractivity contribution >= 4 is 22.5 Å². The van der Waals surface area contributed by atoms with E-state index >= 15 is 0 Å². The molecule has 1 saturated carbocycles. The van der Waals surface area contributed by atoms with Crippen LogP contribution in [0.2, 0.25) is 0 Å². The van der Waals surface area contributed by atoms with Crippen LogP contribution in [0.5, 0.6) is 0 Å². The Morgan fingerprint density at radius 3 is 2.10 bits per heavy atom. The van der Waals surface area contributed by atoms with Crippen LogP contribution in [0.1, 0.15) is 40.8 Å². The third-order valence-corrected chi connectivity index (χ3v) is 6.96. The summed E-state index contributed by atoms with van der Waals surface area (Å²) in [6.45, 7) is 5.92. The minimum Gasteiger partial charge on any atom is -0.358 e. The molecule has 1 aromatic heterocycles. The van der Waals surface area contributed by atoms with Gasteiger partial charge < -0.3 is 4.98 Å². The number of hydrogen-bond acceptors (Lipinski definition) is 2. The highest BCUT2D eigenvalue weighted by Crippen LogP contribution is 2.49. The van der Waals surface area contributed by atoms with E-state index in [0.717, 1.165) is 33.3 Å². The highest BCUT2D eigenvalue weighted by molar-refractivity contribution is 6.32. The predicted octanol–water partition coefficient (Wildman–Crippen LogP) is 5.64. The molecule has 31 heavy (non-hydrogen) atoms. The second kappa shape index (κ2) is 7.05. The summed E-state index contributed by atoms with van der Waals surface area (Å²) in [7, 11) is 0. The van der Waals surface area contributed by atoms with Crippen molar-refractivity contribution in [1.82, 2.24) is 4.98 Å². The summed E-state index contributed by atoms with van der Waals surface area (Å²) in [5, 5.41) is 1.14. The van der Waals surface area contributed by atoms with Crippen molar-refractivity contribution in [2.75, 3.05) is 0 Å². The van der Waals surface area contributed by atoms with E-state index in [-0.39, 0.29) is 17.5 Å². The molecule has 0 amide bonds. The van der Waals surface area contributed by atoms with Crippen LogP contribution in [0.25, 0.3) is 10.9 Å². The summed E-state index contributed by atoms with van der Waals surface area (Å²) in [6.07, 6.45) is 0. The van der Waals surface area contributed by atoms with Gasteiger partial charge in [-0.15, -0.1) is 0 Å². The summed E-state index contributed by atoms with van der Waals surface area (Å²) in [5.41, 5.74) is 4.95. The normalized spacial score (nSPS) is 21.8. The molecule has 5 rings (SSSR count). The van der Waals surface area contributed by atoms with Gasteiger partial charge in [0.2, 0.25) is 0 Å². The molecule has 0 aliphatic heterocycles. The van der Waals surface area contributed by atoms with Crippen molar-refractivity contribution in [3.05, 3.63) is 107 Å². The Bertz CT molecular complexity index is 1290. The lowest BCUT2D eigenvalue weighted by atomic mass is 9.53. The Morgan fingerprint density at radius 1 is 0.839 bits per heavy atom. The number of aryl methyl sites for hydroxylation is 2. The number of nitrogens with one attached hydrogen (secondary N) is 1. The summed E-state index contributed by atoms with van der Waals surface area (Å²) in [5.74, 6) is -1.04. The molecule has 1 aliphatic rings. The summed E-state index contributed by atoms with van der Waals surface area (Å²) in [6, 6.07) is 25.6. The quantitative estimate of drug-likeness (QED) is 0.445. The number of fused-ring (bicyclic) bond motifs is 1. The zero-order valence-electron chi connectivity index (χ0n) is 18.0. The van der Waals surface area contributed by atoms with Gasteiger partial charge in [0.25, 0.3) is 0 Å². The summed E-state index contributed by atoms with van der Waals surface area (Å²) < 4.78 is 0. The number of aromatic nitrogens is 1. The smallest absolute Gasteiger partial charge is 0.162 e. The van der Waals surface area contributed by atoms with E-state index in [1.807, 2.05) is 60.7 Å². The summed E-state index contributed by atoms with van der Waals surface area (Å²) in [4.78, 5) is 30.8. The molecular formula is C28H25NO2. The van der Waals surface area contributed by atoms with Crippen LogP contribution >= 0.6 is 0 Å². The SMILES string of the molecule is Cc1ccc2[nH]c(C(c3ccccc3)C3C(=O)C(C)(c4ccccc4)C3=O)c(C)c2c1. The van der Waals surface area contributed by atoms with Crippen LogP contribution in [-0.4, -0.2) is 16.6 Å². The maximum atomic E-state index is 13.6. The summed E-state index contributed by atoms with van der Waals surface area (Å²) >= 11 is 0. The van der Waals surface area contributed by atoms with E-state index in [4.69, 9.17) is 0 Å². The molecule has 0 spiro atoms. The third-order valence-electron chi connectivity index (χ3n) is 6.96. The van der Waals surface area contributed by atoms with Crippen molar-refractivity contribution in [3.63, 3.8) is 0 Å². The molecule has 1 unspecified atom stereocenters. The molecule has 3 nitrogen and oxygen atoms in total. The minimum atomic E-state index is -1.07. The number of carbonyl (C=O) groups excluding carboxylic acids is 2. The van der Waals surface area contributed by atoms with Crippen molar-refractivity contribution in [2.45, 2.75) is 32.1 Å². The zero-order valence-corrected chi connectivity index (χ0v) is 18.0. The topological polar surface area (TPSA) is 49.9 Å². The second-order valence-electron chi connectivity index (χ2n) is 8.80. The third kappa shape index (κ3) is 2.80. The van der Waals surface area contributed by atoms with Crippen LogP contribution in [0, 0.1) is 19.8 Å². The van der Waals surface area contributed by atoms with Crippen molar-refractivity contribution in [2.24, 2.45) is 5.92 Å². The first kappa shape index (κ1) is 19.5. The molecule has 1 N–H and O–H groups in total. The Labute approximate surface area is 182 Å². The number of Topliss-reactive ketones (excluding diaryl/α,β-unsaturated/α-hetero) is 2. The van der Waals surface area contributed by atoms with Gasteiger partial charge in [-0.2, -0.15) is 0 Å². The Balaban J connectivity index is 1.65. The van der Waals surface area contributed by atoms with E-state index in [2.05, 4.69) is 37.0 Å². The lowest BCUT2D eigenvalue weighted by Gasteiger charge is -2.45. The van der Waals surface area contributed by atoms with Gasteiger partial charge in [-0.05, 0) is 49.6 Å². The molecule has 1 atom stereocenters. The van der Waals surface area contributed by atoms with Crippen LogP contribution in [0.4, 0.5) is 0 Å². The number of aromatic amines is 1. The van der Waals surface area contributed by atoms with Crippen LogP contribution in [0.3, 0.4) is 0 Å². The van der Waals surface area contributed by atoms with E-state index in [9.17, 15) is 9.59 Å². The minimum absolute atomic E-state index is 0.00760. The first-order chi connectivity index (χ1) is 14.9. The Hall–Kier alpha value is -3.46. The van der Waals surface area contributed by atoms with Gasteiger partial charge in [-0.3, -0.25) is 9.59 Å². The number of H-pyrrole nitrogens is 1. The molecule has 1 heterocycles. The fraction of sp³-hybridized carbons (Fsp3) is 0.214. The van der Waals surface area contributed by atoms with Crippen LogP contribution in [0.15, 0.2) is 78.9 Å². The molecular weight excluding hydrogens is 382 g/mol. The average Bonchev–Trinajstić information content (AvgIpc) is 3.13. The number of benzene rings is 3. The first-order valence-corrected chi connectivity index (χ1v) is 10.7. The van der Waals surface area contributed by atoms with Gasteiger partial charge >= 0.3 is 0 Å². The van der Waals surface area contributed by atoms with Crippen molar-refractivity contribution in [3.8, 4) is 0 Å². The number of rotatable bonds is 4. The molecule has 0 bridgehead atoms. The number of hydrogen-bond donors (Lipinski definition) is 1. The molecule has 0 saturated heterocycles. The predicted molar refractivity (Wildman–Crippen MR) is 123 cm³/mol. The maximum absolute atomic E-state index is 13.6. The lowest BCUT2D eigenvalue weighted by molar-refractivity contribution is -0.153. The van der Waals surface area contributed by atoms with E-state index in [0.29, 0.717) is 0 Å². The zero-order chi connectivity index (χ0) is 21.8. The molecule has 0 radical (unpaired) electrons. The number of carbonyl (C=O) groups is 2. The monoisotopic (exact) mass is 407 g/mol. The van der Waals surface area contributed by atoms with E-state index in [1.165, 1.54) is 5.56 Å². The van der Waals surface area contributed by atoms with Crippen molar-refractivity contribution < 1.29 is 9.59 Å². The fourth-order valence-electron chi connectivity index (χ4n) is 5.10.